The van der Waals surface area contributed by atoms with Crippen molar-refractivity contribution in [2.45, 2.75) is 19.1 Å². The molecule has 1 heterocycles. The summed E-state index contributed by atoms with van der Waals surface area (Å²) in [6.07, 6.45) is 0. The maximum atomic E-state index is 11.8. The standard InChI is InChI=1S/C12H14N2O4/c15-7-10(11(16)17)13-12(18)14-5-8-3-1-2-4-9(8)6-14/h1-4,10,15H,5-7H2,(H,13,18)(H,16,17)/t10-/m0/s1. The van der Waals surface area contributed by atoms with Crippen molar-refractivity contribution in [3.05, 3.63) is 35.4 Å². The van der Waals surface area contributed by atoms with E-state index in [1.54, 1.807) is 0 Å². The van der Waals surface area contributed by atoms with Crippen molar-refractivity contribution >= 4 is 12.0 Å². The van der Waals surface area contributed by atoms with Crippen LogP contribution >= 0.6 is 0 Å². The summed E-state index contributed by atoms with van der Waals surface area (Å²) in [5, 5.41) is 19.9. The molecule has 1 atom stereocenters. The van der Waals surface area contributed by atoms with Gasteiger partial charge in [-0.05, 0) is 11.1 Å². The molecule has 2 amide bonds. The van der Waals surface area contributed by atoms with Crippen molar-refractivity contribution in [1.29, 1.82) is 0 Å². The van der Waals surface area contributed by atoms with E-state index in [2.05, 4.69) is 5.32 Å². The average Bonchev–Trinajstić information content (AvgIpc) is 2.79. The molecule has 2 rings (SSSR count). The van der Waals surface area contributed by atoms with Crippen molar-refractivity contribution in [3.8, 4) is 0 Å². The lowest BCUT2D eigenvalue weighted by molar-refractivity contribution is -0.140. The Morgan fingerprint density at radius 2 is 1.83 bits per heavy atom. The number of aliphatic hydroxyl groups is 1. The molecule has 0 unspecified atom stereocenters. The van der Waals surface area contributed by atoms with Crippen LogP contribution in [0.4, 0.5) is 4.79 Å². The fourth-order valence-corrected chi connectivity index (χ4v) is 1.90. The van der Waals surface area contributed by atoms with Gasteiger partial charge in [-0.2, -0.15) is 0 Å². The lowest BCUT2D eigenvalue weighted by Gasteiger charge is -2.19. The third-order valence-corrected chi connectivity index (χ3v) is 2.91. The normalized spacial score (nSPS) is 15.1. The topological polar surface area (TPSA) is 89.9 Å². The molecule has 3 N–H and O–H groups in total. The molecule has 0 aliphatic carbocycles. The molecule has 96 valence electrons. The Hall–Kier alpha value is -2.08. The number of hydrogen-bond acceptors (Lipinski definition) is 3. The lowest BCUT2D eigenvalue weighted by atomic mass is 10.1. The lowest BCUT2D eigenvalue weighted by Crippen LogP contribution is -2.48. The Labute approximate surface area is 104 Å². The van der Waals surface area contributed by atoms with Gasteiger partial charge in [-0.15, -0.1) is 0 Å². The Kier molecular flexibility index (Phi) is 3.47. The number of aliphatic hydroxyl groups excluding tert-OH is 1. The van der Waals surface area contributed by atoms with E-state index in [0.717, 1.165) is 11.1 Å². The van der Waals surface area contributed by atoms with E-state index in [1.165, 1.54) is 4.90 Å². The minimum absolute atomic E-state index is 0.458. The predicted molar refractivity (Wildman–Crippen MR) is 62.7 cm³/mol. The molecule has 0 fully saturated rings. The summed E-state index contributed by atoms with van der Waals surface area (Å²) in [7, 11) is 0. The minimum Gasteiger partial charge on any atom is -0.480 e. The molecule has 0 saturated heterocycles. The van der Waals surface area contributed by atoms with E-state index in [4.69, 9.17) is 10.2 Å². The predicted octanol–water partition coefficient (Wildman–Crippen LogP) is 0.157. The molecule has 6 nitrogen and oxygen atoms in total. The first-order valence-corrected chi connectivity index (χ1v) is 5.57. The number of urea groups is 1. The number of hydrogen-bond donors (Lipinski definition) is 3. The summed E-state index contributed by atoms with van der Waals surface area (Å²) in [4.78, 5) is 24.0. The molecule has 0 saturated carbocycles. The van der Waals surface area contributed by atoms with Crippen molar-refractivity contribution in [3.63, 3.8) is 0 Å². The zero-order valence-electron chi connectivity index (χ0n) is 9.67. The van der Waals surface area contributed by atoms with Gasteiger partial charge in [-0.25, -0.2) is 9.59 Å². The molecule has 1 aliphatic heterocycles. The highest BCUT2D eigenvalue weighted by atomic mass is 16.4. The van der Waals surface area contributed by atoms with Crippen LogP contribution in [-0.2, 0) is 17.9 Å². The SMILES string of the molecule is O=C(O)[C@H](CO)NC(=O)N1Cc2ccccc2C1. The highest BCUT2D eigenvalue weighted by molar-refractivity contribution is 5.83. The number of amides is 2. The van der Waals surface area contributed by atoms with E-state index >= 15 is 0 Å². The van der Waals surface area contributed by atoms with Gasteiger partial charge in [0.15, 0.2) is 6.04 Å². The second-order valence-corrected chi connectivity index (χ2v) is 4.15. The number of benzene rings is 1. The maximum Gasteiger partial charge on any atom is 0.328 e. The molecule has 0 bridgehead atoms. The second-order valence-electron chi connectivity index (χ2n) is 4.15. The van der Waals surface area contributed by atoms with Gasteiger partial charge < -0.3 is 20.4 Å². The molecule has 0 radical (unpaired) electrons. The Balaban J connectivity index is 1.99. The quantitative estimate of drug-likeness (QED) is 0.712. The van der Waals surface area contributed by atoms with Crippen LogP contribution in [0.25, 0.3) is 0 Å². The molecule has 1 aliphatic rings. The van der Waals surface area contributed by atoms with Crippen LogP contribution in [0.1, 0.15) is 11.1 Å². The van der Waals surface area contributed by atoms with E-state index < -0.39 is 24.6 Å². The molecule has 1 aromatic carbocycles. The van der Waals surface area contributed by atoms with Gasteiger partial charge in [-0.3, -0.25) is 0 Å². The van der Waals surface area contributed by atoms with Crippen LogP contribution < -0.4 is 5.32 Å². The van der Waals surface area contributed by atoms with Crippen molar-refractivity contribution in [2.24, 2.45) is 0 Å². The van der Waals surface area contributed by atoms with Gasteiger partial charge in [0.05, 0.1) is 6.61 Å². The molecule has 0 aromatic heterocycles. The number of carboxylic acids is 1. The van der Waals surface area contributed by atoms with Crippen molar-refractivity contribution < 1.29 is 19.8 Å². The Morgan fingerprint density at radius 1 is 1.28 bits per heavy atom. The Bertz CT molecular complexity index is 450. The van der Waals surface area contributed by atoms with E-state index in [-0.39, 0.29) is 0 Å². The average molecular weight is 250 g/mol. The Morgan fingerprint density at radius 3 is 2.28 bits per heavy atom. The van der Waals surface area contributed by atoms with Crippen LogP contribution in [0, 0.1) is 0 Å². The van der Waals surface area contributed by atoms with Crippen LogP contribution in [0.15, 0.2) is 24.3 Å². The number of nitrogens with one attached hydrogen (secondary N) is 1. The van der Waals surface area contributed by atoms with Gasteiger partial charge in [0.1, 0.15) is 0 Å². The number of fused-ring (bicyclic) bond motifs is 1. The number of nitrogens with zero attached hydrogens (tertiary/aromatic N) is 1. The number of carbonyl (C=O) groups is 2. The zero-order valence-corrected chi connectivity index (χ0v) is 9.67. The molecular weight excluding hydrogens is 236 g/mol. The minimum atomic E-state index is -1.26. The summed E-state index contributed by atoms with van der Waals surface area (Å²) in [6, 6.07) is 5.92. The highest BCUT2D eigenvalue weighted by Gasteiger charge is 2.26. The number of aliphatic carboxylic acids is 1. The summed E-state index contributed by atoms with van der Waals surface area (Å²) in [5.41, 5.74) is 2.12. The third kappa shape index (κ3) is 2.43. The summed E-state index contributed by atoms with van der Waals surface area (Å²) in [6.45, 7) is 0.293. The summed E-state index contributed by atoms with van der Waals surface area (Å²) >= 11 is 0. The van der Waals surface area contributed by atoms with Crippen LogP contribution in [0.3, 0.4) is 0 Å². The molecule has 0 spiro atoms. The van der Waals surface area contributed by atoms with Gasteiger partial charge in [-0.1, -0.05) is 24.3 Å². The number of carboxylic acid groups (broad SMARTS) is 1. The highest BCUT2D eigenvalue weighted by Crippen LogP contribution is 2.21. The first kappa shape index (κ1) is 12.4. The zero-order chi connectivity index (χ0) is 13.1. The van der Waals surface area contributed by atoms with E-state index in [9.17, 15) is 9.59 Å². The first-order valence-electron chi connectivity index (χ1n) is 5.57. The van der Waals surface area contributed by atoms with E-state index in [1.807, 2.05) is 24.3 Å². The van der Waals surface area contributed by atoms with Gasteiger partial charge >= 0.3 is 12.0 Å². The van der Waals surface area contributed by atoms with Crippen molar-refractivity contribution in [1.82, 2.24) is 10.2 Å². The summed E-state index contributed by atoms with van der Waals surface area (Å²) < 4.78 is 0. The number of rotatable bonds is 3. The fourth-order valence-electron chi connectivity index (χ4n) is 1.90. The first-order chi connectivity index (χ1) is 8.61. The van der Waals surface area contributed by atoms with Crippen molar-refractivity contribution in [2.75, 3.05) is 6.61 Å². The largest absolute Gasteiger partial charge is 0.480 e. The molecule has 6 heteroatoms. The maximum absolute atomic E-state index is 11.8. The van der Waals surface area contributed by atoms with Gasteiger partial charge in [0.25, 0.3) is 0 Å². The van der Waals surface area contributed by atoms with Gasteiger partial charge in [0, 0.05) is 13.1 Å². The molecular formula is C12H14N2O4. The van der Waals surface area contributed by atoms with Crippen LogP contribution in [-0.4, -0.2) is 39.8 Å². The third-order valence-electron chi connectivity index (χ3n) is 2.91. The molecule has 18 heavy (non-hydrogen) atoms. The smallest absolute Gasteiger partial charge is 0.328 e. The van der Waals surface area contributed by atoms with Crippen LogP contribution in [0.5, 0.6) is 0 Å². The van der Waals surface area contributed by atoms with E-state index in [0.29, 0.717) is 13.1 Å². The fraction of sp³-hybridized carbons (Fsp3) is 0.333. The van der Waals surface area contributed by atoms with Crippen LogP contribution in [0.2, 0.25) is 0 Å². The number of carbonyl (C=O) groups excluding carboxylic acids is 1. The summed E-state index contributed by atoms with van der Waals surface area (Å²) in [5.74, 6) is -1.25. The van der Waals surface area contributed by atoms with Gasteiger partial charge in [0.2, 0.25) is 0 Å². The monoisotopic (exact) mass is 250 g/mol. The second kappa shape index (κ2) is 5.05. The molecule has 1 aromatic rings.